The Kier molecular flexibility index (Phi) is 3.66. The second-order valence-corrected chi connectivity index (χ2v) is 7.02. The standard InChI is InChI=1S/C17H9BrN2O3S/c18-10-5-6-12-14(8-10)24-17(19-12)20-15(21)11-7-9-3-1-2-4-13(9)23-16(11)22/h1-8H,(H,19,20,21). The highest BCUT2D eigenvalue weighted by molar-refractivity contribution is 9.10. The van der Waals surface area contributed by atoms with Gasteiger partial charge in [-0.1, -0.05) is 45.5 Å². The first-order valence-electron chi connectivity index (χ1n) is 7.00. The second kappa shape index (κ2) is 5.85. The van der Waals surface area contributed by atoms with Crippen LogP contribution < -0.4 is 10.9 Å². The quantitative estimate of drug-likeness (QED) is 0.505. The lowest BCUT2D eigenvalue weighted by molar-refractivity contribution is 0.102. The van der Waals surface area contributed by atoms with Crippen molar-refractivity contribution < 1.29 is 9.21 Å². The van der Waals surface area contributed by atoms with Crippen LogP contribution in [0.3, 0.4) is 0 Å². The minimum Gasteiger partial charge on any atom is -0.422 e. The molecule has 0 spiro atoms. The summed E-state index contributed by atoms with van der Waals surface area (Å²) in [6, 6.07) is 14.2. The molecule has 0 saturated carbocycles. The zero-order valence-corrected chi connectivity index (χ0v) is 14.5. The Morgan fingerprint density at radius 1 is 1.17 bits per heavy atom. The minimum absolute atomic E-state index is 0.0471. The van der Waals surface area contributed by atoms with E-state index >= 15 is 0 Å². The zero-order valence-electron chi connectivity index (χ0n) is 12.1. The summed E-state index contributed by atoms with van der Waals surface area (Å²) in [5, 5.41) is 3.79. The molecule has 0 atom stereocenters. The predicted octanol–water partition coefficient (Wildman–Crippen LogP) is 4.42. The molecule has 4 aromatic rings. The highest BCUT2D eigenvalue weighted by Crippen LogP contribution is 2.28. The largest absolute Gasteiger partial charge is 0.422 e. The smallest absolute Gasteiger partial charge is 0.349 e. The number of thiazole rings is 1. The maximum Gasteiger partial charge on any atom is 0.349 e. The predicted molar refractivity (Wildman–Crippen MR) is 97.8 cm³/mol. The summed E-state index contributed by atoms with van der Waals surface area (Å²) in [4.78, 5) is 28.8. The molecule has 2 heterocycles. The van der Waals surface area contributed by atoms with Crippen LogP contribution >= 0.6 is 27.3 Å². The Morgan fingerprint density at radius 2 is 2.00 bits per heavy atom. The van der Waals surface area contributed by atoms with Gasteiger partial charge in [-0.2, -0.15) is 0 Å². The Hall–Kier alpha value is -2.51. The number of halogens is 1. The van der Waals surface area contributed by atoms with Gasteiger partial charge >= 0.3 is 5.63 Å². The minimum atomic E-state index is -0.671. The number of nitrogens with zero attached hydrogens (tertiary/aromatic N) is 1. The van der Waals surface area contributed by atoms with E-state index in [0.29, 0.717) is 16.1 Å². The first-order chi connectivity index (χ1) is 11.6. The van der Waals surface area contributed by atoms with Gasteiger partial charge < -0.3 is 4.42 Å². The van der Waals surface area contributed by atoms with E-state index in [-0.39, 0.29) is 5.56 Å². The lowest BCUT2D eigenvalue weighted by Crippen LogP contribution is -2.20. The number of hydrogen-bond donors (Lipinski definition) is 1. The Labute approximate surface area is 148 Å². The molecular weight excluding hydrogens is 392 g/mol. The average molecular weight is 401 g/mol. The van der Waals surface area contributed by atoms with Gasteiger partial charge in [0.25, 0.3) is 5.91 Å². The Bertz CT molecular complexity index is 1150. The molecule has 0 bridgehead atoms. The van der Waals surface area contributed by atoms with Crippen molar-refractivity contribution in [1.29, 1.82) is 0 Å². The van der Waals surface area contributed by atoms with Gasteiger partial charge in [-0.05, 0) is 30.3 Å². The molecule has 5 nitrogen and oxygen atoms in total. The van der Waals surface area contributed by atoms with Crippen molar-refractivity contribution >= 4 is 59.5 Å². The van der Waals surface area contributed by atoms with Crippen LogP contribution in [0.25, 0.3) is 21.2 Å². The van der Waals surface area contributed by atoms with Gasteiger partial charge in [0.2, 0.25) is 0 Å². The number of carbonyl (C=O) groups is 1. The van der Waals surface area contributed by atoms with Gasteiger partial charge in [-0.25, -0.2) is 9.78 Å². The molecule has 0 aliphatic heterocycles. The third-order valence-corrected chi connectivity index (χ3v) is 4.88. The van der Waals surface area contributed by atoms with Crippen molar-refractivity contribution in [3.05, 3.63) is 69.0 Å². The number of rotatable bonds is 2. The summed E-state index contributed by atoms with van der Waals surface area (Å²) in [6.45, 7) is 0. The summed E-state index contributed by atoms with van der Waals surface area (Å²) in [5.41, 5.74) is 0.511. The van der Waals surface area contributed by atoms with Crippen LogP contribution in [0.4, 0.5) is 5.13 Å². The fraction of sp³-hybridized carbons (Fsp3) is 0. The van der Waals surface area contributed by atoms with Crippen LogP contribution in [0.1, 0.15) is 10.4 Å². The molecular formula is C17H9BrN2O3S. The van der Waals surface area contributed by atoms with Crippen LogP contribution in [0, 0.1) is 0 Å². The molecule has 1 amide bonds. The molecule has 4 rings (SSSR count). The number of hydrogen-bond acceptors (Lipinski definition) is 5. The van der Waals surface area contributed by atoms with E-state index in [1.807, 2.05) is 24.3 Å². The summed E-state index contributed by atoms with van der Waals surface area (Å²) in [5.74, 6) is -0.535. The van der Waals surface area contributed by atoms with Crippen molar-refractivity contribution in [1.82, 2.24) is 4.98 Å². The van der Waals surface area contributed by atoms with E-state index in [1.165, 1.54) is 17.4 Å². The summed E-state index contributed by atoms with van der Waals surface area (Å²) in [7, 11) is 0. The highest BCUT2D eigenvalue weighted by Gasteiger charge is 2.15. The van der Waals surface area contributed by atoms with Crippen LogP contribution in [-0.4, -0.2) is 10.9 Å². The van der Waals surface area contributed by atoms with E-state index in [4.69, 9.17) is 4.42 Å². The number of anilines is 1. The Morgan fingerprint density at radius 3 is 2.88 bits per heavy atom. The third-order valence-electron chi connectivity index (χ3n) is 3.46. The van der Waals surface area contributed by atoms with Crippen LogP contribution in [0.15, 0.2) is 62.2 Å². The molecule has 0 saturated heterocycles. The first kappa shape index (κ1) is 15.0. The second-order valence-electron chi connectivity index (χ2n) is 5.07. The molecule has 118 valence electrons. The maximum absolute atomic E-state index is 12.4. The van der Waals surface area contributed by atoms with E-state index in [2.05, 4.69) is 26.2 Å². The van der Waals surface area contributed by atoms with Crippen LogP contribution in [0.5, 0.6) is 0 Å². The Balaban J connectivity index is 1.70. The molecule has 0 aliphatic carbocycles. The summed E-state index contributed by atoms with van der Waals surface area (Å²) in [6.07, 6.45) is 0. The van der Waals surface area contributed by atoms with Gasteiger partial charge in [0.15, 0.2) is 5.13 Å². The normalized spacial score (nSPS) is 11.0. The van der Waals surface area contributed by atoms with Gasteiger partial charge in [-0.15, -0.1) is 0 Å². The molecule has 24 heavy (non-hydrogen) atoms. The molecule has 0 radical (unpaired) electrons. The number of para-hydroxylation sites is 1. The lowest BCUT2D eigenvalue weighted by atomic mass is 10.2. The lowest BCUT2D eigenvalue weighted by Gasteiger charge is -2.02. The molecule has 0 unspecified atom stereocenters. The first-order valence-corrected chi connectivity index (χ1v) is 8.61. The summed E-state index contributed by atoms with van der Waals surface area (Å²) < 4.78 is 7.06. The monoisotopic (exact) mass is 400 g/mol. The van der Waals surface area contributed by atoms with Crippen molar-refractivity contribution in [2.24, 2.45) is 0 Å². The van der Waals surface area contributed by atoms with Crippen molar-refractivity contribution in [3.8, 4) is 0 Å². The molecule has 0 fully saturated rings. The van der Waals surface area contributed by atoms with Gasteiger partial charge in [0, 0.05) is 9.86 Å². The average Bonchev–Trinajstić information content (AvgIpc) is 2.95. The van der Waals surface area contributed by atoms with E-state index in [0.717, 1.165) is 14.7 Å². The summed E-state index contributed by atoms with van der Waals surface area (Å²) >= 11 is 4.74. The maximum atomic E-state index is 12.4. The van der Waals surface area contributed by atoms with E-state index < -0.39 is 11.5 Å². The molecule has 2 aromatic heterocycles. The van der Waals surface area contributed by atoms with Crippen LogP contribution in [-0.2, 0) is 0 Å². The number of benzene rings is 2. The van der Waals surface area contributed by atoms with Gasteiger partial charge in [0.1, 0.15) is 11.1 Å². The molecule has 2 aromatic carbocycles. The molecule has 7 heteroatoms. The van der Waals surface area contributed by atoms with Crippen molar-refractivity contribution in [2.75, 3.05) is 5.32 Å². The SMILES string of the molecule is O=C(Nc1nc2ccc(Br)cc2s1)c1cc2ccccc2oc1=O. The number of amides is 1. The van der Waals surface area contributed by atoms with Gasteiger partial charge in [-0.3, -0.25) is 10.1 Å². The zero-order chi connectivity index (χ0) is 16.7. The topological polar surface area (TPSA) is 72.2 Å². The fourth-order valence-corrected chi connectivity index (χ4v) is 3.75. The van der Waals surface area contributed by atoms with Crippen LogP contribution in [0.2, 0.25) is 0 Å². The van der Waals surface area contributed by atoms with E-state index in [1.54, 1.807) is 18.2 Å². The highest BCUT2D eigenvalue weighted by atomic mass is 79.9. The number of aromatic nitrogens is 1. The van der Waals surface area contributed by atoms with Crippen molar-refractivity contribution in [3.63, 3.8) is 0 Å². The fourth-order valence-electron chi connectivity index (χ4n) is 2.34. The van der Waals surface area contributed by atoms with Gasteiger partial charge in [0.05, 0.1) is 10.2 Å². The number of fused-ring (bicyclic) bond motifs is 2. The molecule has 0 aliphatic rings. The number of carbonyl (C=O) groups excluding carboxylic acids is 1. The molecule has 1 N–H and O–H groups in total. The van der Waals surface area contributed by atoms with E-state index in [9.17, 15) is 9.59 Å². The van der Waals surface area contributed by atoms with Crippen molar-refractivity contribution in [2.45, 2.75) is 0 Å². The number of nitrogens with one attached hydrogen (secondary N) is 1. The third kappa shape index (κ3) is 2.72.